The van der Waals surface area contributed by atoms with Crippen molar-refractivity contribution in [1.29, 1.82) is 0 Å². The number of anilines is 3. The highest BCUT2D eigenvalue weighted by Crippen LogP contribution is 2.20. The van der Waals surface area contributed by atoms with Crippen LogP contribution in [0, 0.1) is 0 Å². The second-order valence-corrected chi connectivity index (χ2v) is 5.58. The Balaban J connectivity index is 2.24. The molecular formula is C13H24N6O2. The minimum absolute atomic E-state index is 0.219. The maximum absolute atomic E-state index is 9.37. The number of piperidine rings is 1. The summed E-state index contributed by atoms with van der Waals surface area (Å²) in [6.07, 6.45) is 3.50. The summed E-state index contributed by atoms with van der Waals surface area (Å²) in [5.74, 6) is 1.43. The highest BCUT2D eigenvalue weighted by Gasteiger charge is 2.24. The van der Waals surface area contributed by atoms with E-state index in [0.29, 0.717) is 17.8 Å². The molecule has 1 saturated heterocycles. The molecule has 0 aromatic carbocycles. The zero-order valence-corrected chi connectivity index (χ0v) is 12.6. The SMILES string of the molecule is CNc1nc(NC(C)(CO)CO)nc(N2CCCCC2)n1. The Morgan fingerprint density at radius 3 is 2.24 bits per heavy atom. The van der Waals surface area contributed by atoms with E-state index in [9.17, 15) is 10.2 Å². The molecule has 8 nitrogen and oxygen atoms in total. The van der Waals surface area contributed by atoms with Crippen molar-refractivity contribution in [2.24, 2.45) is 0 Å². The van der Waals surface area contributed by atoms with Crippen LogP contribution in [0.1, 0.15) is 26.2 Å². The van der Waals surface area contributed by atoms with Crippen molar-refractivity contribution in [2.75, 3.05) is 48.9 Å². The van der Waals surface area contributed by atoms with Gasteiger partial charge in [0.2, 0.25) is 17.8 Å². The van der Waals surface area contributed by atoms with Gasteiger partial charge in [-0.05, 0) is 26.2 Å². The third kappa shape index (κ3) is 3.92. The molecule has 0 unspecified atom stereocenters. The standard InChI is InChI=1S/C13H24N6O2/c1-13(8-20,9-21)18-11-15-10(14-2)16-12(17-11)19-6-4-3-5-7-19/h20-21H,3-9H2,1-2H3,(H2,14,15,16,17,18). The van der Waals surface area contributed by atoms with E-state index in [2.05, 4.69) is 30.5 Å². The van der Waals surface area contributed by atoms with E-state index in [1.165, 1.54) is 6.42 Å². The van der Waals surface area contributed by atoms with Crippen LogP contribution in [0.3, 0.4) is 0 Å². The zero-order chi connectivity index (χ0) is 15.3. The van der Waals surface area contributed by atoms with Crippen molar-refractivity contribution < 1.29 is 10.2 Å². The Labute approximate surface area is 124 Å². The van der Waals surface area contributed by atoms with Crippen molar-refractivity contribution >= 4 is 17.8 Å². The molecule has 2 rings (SSSR count). The summed E-state index contributed by atoms with van der Waals surface area (Å²) in [7, 11) is 1.75. The molecule has 8 heteroatoms. The molecule has 21 heavy (non-hydrogen) atoms. The van der Waals surface area contributed by atoms with Crippen LogP contribution in [0.4, 0.5) is 17.8 Å². The number of aromatic nitrogens is 3. The fraction of sp³-hybridized carbons (Fsp3) is 0.769. The van der Waals surface area contributed by atoms with Gasteiger partial charge in [-0.2, -0.15) is 15.0 Å². The van der Waals surface area contributed by atoms with Gasteiger partial charge in [-0.15, -0.1) is 0 Å². The fourth-order valence-electron chi connectivity index (χ4n) is 2.17. The van der Waals surface area contributed by atoms with Crippen LogP contribution in [0.15, 0.2) is 0 Å². The maximum Gasteiger partial charge on any atom is 0.231 e. The predicted molar refractivity (Wildman–Crippen MR) is 81.6 cm³/mol. The molecule has 0 bridgehead atoms. The monoisotopic (exact) mass is 296 g/mol. The van der Waals surface area contributed by atoms with E-state index in [1.54, 1.807) is 14.0 Å². The van der Waals surface area contributed by atoms with Crippen LogP contribution < -0.4 is 15.5 Å². The van der Waals surface area contributed by atoms with Crippen LogP contribution in [0.5, 0.6) is 0 Å². The second kappa shape index (κ2) is 6.86. The van der Waals surface area contributed by atoms with Gasteiger partial charge in [0.05, 0.1) is 18.8 Å². The molecule has 4 N–H and O–H groups in total. The summed E-state index contributed by atoms with van der Waals surface area (Å²) >= 11 is 0. The topological polar surface area (TPSA) is 106 Å². The molecular weight excluding hydrogens is 272 g/mol. The van der Waals surface area contributed by atoms with Gasteiger partial charge in [0.15, 0.2) is 0 Å². The Bertz CT molecular complexity index is 460. The first kappa shape index (κ1) is 15.7. The number of nitrogens with zero attached hydrogens (tertiary/aromatic N) is 4. The summed E-state index contributed by atoms with van der Waals surface area (Å²) in [5, 5.41) is 24.6. The molecule has 0 aliphatic carbocycles. The molecule has 0 saturated carbocycles. The molecule has 2 heterocycles. The summed E-state index contributed by atoms with van der Waals surface area (Å²) < 4.78 is 0. The lowest BCUT2D eigenvalue weighted by atomic mass is 10.1. The third-order valence-electron chi connectivity index (χ3n) is 3.60. The number of aliphatic hydroxyl groups excluding tert-OH is 2. The summed E-state index contributed by atoms with van der Waals surface area (Å²) in [5.41, 5.74) is -0.870. The van der Waals surface area contributed by atoms with E-state index >= 15 is 0 Å². The number of hydrogen-bond donors (Lipinski definition) is 4. The fourth-order valence-corrected chi connectivity index (χ4v) is 2.17. The van der Waals surface area contributed by atoms with Crippen LogP contribution in [-0.4, -0.2) is 64.1 Å². The lowest BCUT2D eigenvalue weighted by molar-refractivity contribution is 0.147. The molecule has 0 atom stereocenters. The first-order valence-corrected chi connectivity index (χ1v) is 7.29. The van der Waals surface area contributed by atoms with E-state index in [-0.39, 0.29) is 13.2 Å². The van der Waals surface area contributed by atoms with E-state index < -0.39 is 5.54 Å². The highest BCUT2D eigenvalue weighted by molar-refractivity contribution is 5.45. The molecule has 1 aliphatic heterocycles. The van der Waals surface area contributed by atoms with Gasteiger partial charge in [0.25, 0.3) is 0 Å². The maximum atomic E-state index is 9.37. The minimum Gasteiger partial charge on any atom is -0.394 e. The zero-order valence-electron chi connectivity index (χ0n) is 12.6. The number of aliphatic hydroxyl groups is 2. The van der Waals surface area contributed by atoms with Crippen LogP contribution >= 0.6 is 0 Å². The predicted octanol–water partition coefficient (Wildman–Crippen LogP) is 0.0588. The van der Waals surface area contributed by atoms with Gasteiger partial charge in [-0.3, -0.25) is 0 Å². The van der Waals surface area contributed by atoms with Crippen molar-refractivity contribution in [3.8, 4) is 0 Å². The quantitative estimate of drug-likeness (QED) is 0.584. The first-order valence-electron chi connectivity index (χ1n) is 7.29. The normalized spacial score (nSPS) is 15.9. The van der Waals surface area contributed by atoms with Crippen molar-refractivity contribution in [3.05, 3.63) is 0 Å². The van der Waals surface area contributed by atoms with Gasteiger partial charge < -0.3 is 25.7 Å². The lowest BCUT2D eigenvalue weighted by Crippen LogP contribution is -2.43. The number of nitrogens with one attached hydrogen (secondary N) is 2. The third-order valence-corrected chi connectivity index (χ3v) is 3.60. The molecule has 0 radical (unpaired) electrons. The molecule has 1 aliphatic rings. The van der Waals surface area contributed by atoms with Crippen molar-refractivity contribution in [2.45, 2.75) is 31.7 Å². The van der Waals surface area contributed by atoms with Gasteiger partial charge in [-0.1, -0.05) is 0 Å². The summed E-state index contributed by atoms with van der Waals surface area (Å²) in [6, 6.07) is 0. The number of rotatable bonds is 6. The van der Waals surface area contributed by atoms with Crippen LogP contribution in [-0.2, 0) is 0 Å². The van der Waals surface area contributed by atoms with Gasteiger partial charge in [0, 0.05) is 20.1 Å². The average molecular weight is 296 g/mol. The van der Waals surface area contributed by atoms with Crippen molar-refractivity contribution in [1.82, 2.24) is 15.0 Å². The van der Waals surface area contributed by atoms with E-state index in [0.717, 1.165) is 25.9 Å². The largest absolute Gasteiger partial charge is 0.394 e. The molecule has 118 valence electrons. The minimum atomic E-state index is -0.870. The molecule has 1 fully saturated rings. The van der Waals surface area contributed by atoms with Gasteiger partial charge >= 0.3 is 0 Å². The first-order chi connectivity index (χ1) is 10.1. The Morgan fingerprint density at radius 1 is 1.05 bits per heavy atom. The number of hydrogen-bond acceptors (Lipinski definition) is 8. The van der Waals surface area contributed by atoms with Gasteiger partial charge in [0.1, 0.15) is 0 Å². The average Bonchev–Trinajstić information content (AvgIpc) is 2.55. The highest BCUT2D eigenvalue weighted by atomic mass is 16.3. The molecule has 0 spiro atoms. The van der Waals surface area contributed by atoms with Crippen molar-refractivity contribution in [3.63, 3.8) is 0 Å². The lowest BCUT2D eigenvalue weighted by Gasteiger charge is -2.29. The van der Waals surface area contributed by atoms with Gasteiger partial charge in [-0.25, -0.2) is 0 Å². The Kier molecular flexibility index (Phi) is 5.13. The van der Waals surface area contributed by atoms with Crippen LogP contribution in [0.2, 0.25) is 0 Å². The van der Waals surface area contributed by atoms with E-state index in [1.807, 2.05) is 0 Å². The van der Waals surface area contributed by atoms with E-state index in [4.69, 9.17) is 0 Å². The Hall–Kier alpha value is -1.67. The molecule has 0 amide bonds. The second-order valence-electron chi connectivity index (χ2n) is 5.58. The summed E-state index contributed by atoms with van der Waals surface area (Å²) in [6.45, 7) is 3.14. The smallest absolute Gasteiger partial charge is 0.231 e. The summed E-state index contributed by atoms with van der Waals surface area (Å²) in [4.78, 5) is 15.2. The molecule has 1 aromatic rings. The molecule has 1 aromatic heterocycles. The Morgan fingerprint density at radius 2 is 1.67 bits per heavy atom. The van der Waals surface area contributed by atoms with Crippen LogP contribution in [0.25, 0.3) is 0 Å².